The van der Waals surface area contributed by atoms with Gasteiger partial charge in [0.15, 0.2) is 15.9 Å². The second-order valence-corrected chi connectivity index (χ2v) is 8.98. The van der Waals surface area contributed by atoms with Gasteiger partial charge in [-0.25, -0.2) is 9.97 Å². The maximum atomic E-state index is 10.7. The van der Waals surface area contributed by atoms with Crippen LogP contribution in [0.15, 0.2) is 45.1 Å². The SMILES string of the molecule is OC1CNCc2nc3[nH]ncc3c(-c3ccc(Sc4nc5cc(Cl)c(Cl)cc5[nH]4)o3)c21. The van der Waals surface area contributed by atoms with E-state index in [-0.39, 0.29) is 0 Å². The van der Waals surface area contributed by atoms with Crippen LogP contribution in [-0.2, 0) is 6.54 Å². The van der Waals surface area contributed by atoms with Crippen molar-refractivity contribution >= 4 is 57.0 Å². The number of benzene rings is 1. The third-order valence-electron chi connectivity index (χ3n) is 5.21. The van der Waals surface area contributed by atoms with Crippen LogP contribution in [0.25, 0.3) is 33.4 Å². The molecule has 0 spiro atoms. The predicted octanol–water partition coefficient (Wildman–Crippen LogP) is 4.69. The molecule has 0 amide bonds. The zero-order valence-corrected chi connectivity index (χ0v) is 18.1. The van der Waals surface area contributed by atoms with E-state index in [1.165, 1.54) is 11.8 Å². The molecule has 0 radical (unpaired) electrons. The Hall–Kier alpha value is -2.56. The molecular weight excluding hydrogens is 459 g/mol. The van der Waals surface area contributed by atoms with Crippen molar-refractivity contribution in [3.8, 4) is 11.3 Å². The number of aliphatic hydroxyl groups is 1. The van der Waals surface area contributed by atoms with E-state index in [1.807, 2.05) is 12.1 Å². The van der Waals surface area contributed by atoms with Crippen LogP contribution in [-0.4, -0.2) is 36.8 Å². The largest absolute Gasteiger partial charge is 0.449 e. The first-order valence-corrected chi connectivity index (χ1v) is 11.0. The minimum Gasteiger partial charge on any atom is -0.449 e. The van der Waals surface area contributed by atoms with Gasteiger partial charge in [-0.05, 0) is 36.0 Å². The van der Waals surface area contributed by atoms with E-state index in [0.717, 1.165) is 33.2 Å². The second kappa shape index (κ2) is 7.25. The smallest absolute Gasteiger partial charge is 0.174 e. The fraction of sp³-hybridized carbons (Fsp3) is 0.150. The Bertz CT molecular complexity index is 1420. The van der Waals surface area contributed by atoms with Gasteiger partial charge in [0.05, 0.1) is 44.5 Å². The summed E-state index contributed by atoms with van der Waals surface area (Å²) in [5.41, 5.74) is 4.53. The molecule has 5 heterocycles. The Labute approximate surface area is 189 Å². The molecule has 8 nitrogen and oxygen atoms in total. The lowest BCUT2D eigenvalue weighted by molar-refractivity contribution is 0.164. The molecule has 31 heavy (non-hydrogen) atoms. The lowest BCUT2D eigenvalue weighted by Gasteiger charge is -2.24. The maximum absolute atomic E-state index is 10.7. The van der Waals surface area contributed by atoms with Crippen molar-refractivity contribution in [2.75, 3.05) is 6.54 Å². The Kier molecular flexibility index (Phi) is 4.48. The van der Waals surface area contributed by atoms with Gasteiger partial charge < -0.3 is 19.8 Å². The van der Waals surface area contributed by atoms with Crippen molar-refractivity contribution in [3.05, 3.63) is 51.8 Å². The normalized spacial score (nSPS) is 16.3. The molecule has 6 rings (SSSR count). The fourth-order valence-corrected chi connectivity index (χ4v) is 4.94. The third kappa shape index (κ3) is 3.20. The number of rotatable bonds is 3. The Balaban J connectivity index is 1.41. The number of aromatic amines is 2. The van der Waals surface area contributed by atoms with Gasteiger partial charge in [0.25, 0.3) is 0 Å². The zero-order chi connectivity index (χ0) is 21.1. The monoisotopic (exact) mass is 472 g/mol. The highest BCUT2D eigenvalue weighted by Crippen LogP contribution is 2.40. The third-order valence-corrected chi connectivity index (χ3v) is 6.74. The Morgan fingerprint density at radius 3 is 2.94 bits per heavy atom. The number of aromatic nitrogens is 5. The lowest BCUT2D eigenvalue weighted by Crippen LogP contribution is -2.29. The van der Waals surface area contributed by atoms with Crippen molar-refractivity contribution in [1.82, 2.24) is 30.5 Å². The van der Waals surface area contributed by atoms with Crippen LogP contribution >= 0.6 is 35.0 Å². The quantitative estimate of drug-likeness (QED) is 0.301. The molecule has 1 aliphatic rings. The van der Waals surface area contributed by atoms with Gasteiger partial charge >= 0.3 is 0 Å². The van der Waals surface area contributed by atoms with E-state index in [4.69, 9.17) is 27.6 Å². The van der Waals surface area contributed by atoms with Crippen LogP contribution in [0, 0.1) is 0 Å². The molecule has 4 N–H and O–H groups in total. The van der Waals surface area contributed by atoms with E-state index in [2.05, 4.69) is 30.5 Å². The number of fused-ring (bicyclic) bond motifs is 3. The number of aliphatic hydroxyl groups excluding tert-OH is 1. The zero-order valence-electron chi connectivity index (χ0n) is 15.7. The molecule has 11 heteroatoms. The number of β-amino-alcohol motifs (C(OH)–C–C–N with tert-alkyl or cyclic N) is 1. The van der Waals surface area contributed by atoms with Crippen molar-refractivity contribution in [3.63, 3.8) is 0 Å². The molecule has 1 unspecified atom stereocenters. The Morgan fingerprint density at radius 1 is 1.16 bits per heavy atom. The summed E-state index contributed by atoms with van der Waals surface area (Å²) in [5.74, 6) is 0.635. The average Bonchev–Trinajstić information content (AvgIpc) is 3.47. The van der Waals surface area contributed by atoms with E-state index >= 15 is 0 Å². The topological polar surface area (TPSA) is 116 Å². The predicted molar refractivity (Wildman–Crippen MR) is 118 cm³/mol. The summed E-state index contributed by atoms with van der Waals surface area (Å²) < 4.78 is 6.16. The van der Waals surface area contributed by atoms with Gasteiger partial charge in [0.2, 0.25) is 0 Å². The molecule has 0 bridgehead atoms. The molecule has 0 saturated heterocycles. The average molecular weight is 473 g/mol. The summed E-state index contributed by atoms with van der Waals surface area (Å²) in [6.45, 7) is 1.03. The number of furan rings is 1. The van der Waals surface area contributed by atoms with Gasteiger partial charge in [0, 0.05) is 24.2 Å². The molecule has 0 aliphatic carbocycles. The first kappa shape index (κ1) is 19.1. The van der Waals surface area contributed by atoms with E-state index in [1.54, 1.807) is 18.3 Å². The number of pyridine rings is 1. The number of nitrogens with one attached hydrogen (secondary N) is 3. The fourth-order valence-electron chi connectivity index (χ4n) is 3.86. The van der Waals surface area contributed by atoms with E-state index in [0.29, 0.717) is 44.8 Å². The maximum Gasteiger partial charge on any atom is 0.174 e. The first-order valence-electron chi connectivity index (χ1n) is 9.44. The second-order valence-electron chi connectivity index (χ2n) is 7.17. The van der Waals surface area contributed by atoms with Crippen LogP contribution in [0.1, 0.15) is 17.4 Å². The van der Waals surface area contributed by atoms with Gasteiger partial charge in [-0.15, -0.1) is 0 Å². The van der Waals surface area contributed by atoms with Crippen molar-refractivity contribution in [1.29, 1.82) is 0 Å². The van der Waals surface area contributed by atoms with Gasteiger partial charge in [-0.1, -0.05) is 23.2 Å². The van der Waals surface area contributed by atoms with Crippen LogP contribution in [0.3, 0.4) is 0 Å². The highest BCUT2D eigenvalue weighted by molar-refractivity contribution is 7.99. The van der Waals surface area contributed by atoms with Crippen LogP contribution in [0.2, 0.25) is 10.0 Å². The summed E-state index contributed by atoms with van der Waals surface area (Å²) in [4.78, 5) is 12.4. The molecule has 156 valence electrons. The van der Waals surface area contributed by atoms with E-state index in [9.17, 15) is 5.11 Å². The van der Waals surface area contributed by atoms with Crippen LogP contribution in [0.5, 0.6) is 0 Å². The van der Waals surface area contributed by atoms with Crippen molar-refractivity contribution < 1.29 is 9.52 Å². The lowest BCUT2D eigenvalue weighted by atomic mass is 9.94. The van der Waals surface area contributed by atoms with Gasteiger partial charge in [-0.2, -0.15) is 5.10 Å². The van der Waals surface area contributed by atoms with Crippen LogP contribution < -0.4 is 5.32 Å². The number of hydrogen-bond acceptors (Lipinski definition) is 7. The van der Waals surface area contributed by atoms with Gasteiger partial charge in [-0.3, -0.25) is 5.10 Å². The number of H-pyrrole nitrogens is 2. The minimum atomic E-state index is -0.684. The van der Waals surface area contributed by atoms with Gasteiger partial charge in [0.1, 0.15) is 5.76 Å². The highest BCUT2D eigenvalue weighted by atomic mass is 35.5. The van der Waals surface area contributed by atoms with E-state index < -0.39 is 6.10 Å². The summed E-state index contributed by atoms with van der Waals surface area (Å²) in [6, 6.07) is 7.23. The summed E-state index contributed by atoms with van der Waals surface area (Å²) >= 11 is 13.5. The molecule has 5 aromatic rings. The summed E-state index contributed by atoms with van der Waals surface area (Å²) in [7, 11) is 0. The number of imidazole rings is 1. The molecule has 1 atom stereocenters. The standard InChI is InChI=1S/C20H14Cl2N6O2S/c21-9-3-11-12(4-10(9)22)27-20(26-11)31-16-2-1-15(30-16)17-8-5-24-28-19(8)25-13-6-23-7-14(29)18(13)17/h1-5,14,23,29H,6-7H2,(H,26,27)(H,24,25,28). The van der Waals surface area contributed by atoms with Crippen molar-refractivity contribution in [2.45, 2.75) is 22.9 Å². The molecular formula is C20H14Cl2N6O2S. The van der Waals surface area contributed by atoms with Crippen molar-refractivity contribution in [2.24, 2.45) is 0 Å². The molecule has 0 saturated carbocycles. The molecule has 4 aromatic heterocycles. The summed E-state index contributed by atoms with van der Waals surface area (Å²) in [6.07, 6.45) is 1.02. The molecule has 0 fully saturated rings. The summed E-state index contributed by atoms with van der Waals surface area (Å²) in [5, 5.41) is 23.9. The highest BCUT2D eigenvalue weighted by Gasteiger charge is 2.27. The minimum absolute atomic E-state index is 0.456. The number of hydrogen-bond donors (Lipinski definition) is 4. The molecule has 1 aliphatic heterocycles. The Morgan fingerprint density at radius 2 is 2.03 bits per heavy atom. The molecule has 1 aromatic carbocycles. The van der Waals surface area contributed by atoms with Crippen LogP contribution in [0.4, 0.5) is 0 Å². The first-order chi connectivity index (χ1) is 15.1. The number of nitrogens with zero attached hydrogens (tertiary/aromatic N) is 3. The number of halogens is 2.